The molecule has 1 aromatic carbocycles. The van der Waals surface area contributed by atoms with Gasteiger partial charge in [0.1, 0.15) is 0 Å². The zero-order valence-electron chi connectivity index (χ0n) is 10.5. The highest BCUT2D eigenvalue weighted by Crippen LogP contribution is 2.12. The number of amides is 1. The molecular formula is C14H22N2O. The highest BCUT2D eigenvalue weighted by atomic mass is 16.1. The fourth-order valence-corrected chi connectivity index (χ4v) is 1.69. The second-order valence-electron chi connectivity index (χ2n) is 4.28. The summed E-state index contributed by atoms with van der Waals surface area (Å²) in [5.74, 6) is 0.0393. The quantitative estimate of drug-likeness (QED) is 0.712. The standard InChI is InChI=1S/C14H22N2O/c1-2-3-7-10-16-14(17)11-13(15)12-8-5-4-6-9-12/h4-6,8-9,13H,2-3,7,10-11,15H2,1H3,(H,16,17). The molecule has 1 aromatic rings. The molecule has 0 aliphatic rings. The van der Waals surface area contributed by atoms with Crippen LogP contribution in [0.3, 0.4) is 0 Å². The summed E-state index contributed by atoms with van der Waals surface area (Å²) in [7, 11) is 0. The number of nitrogens with one attached hydrogen (secondary N) is 1. The van der Waals surface area contributed by atoms with Crippen molar-refractivity contribution >= 4 is 5.91 Å². The Hall–Kier alpha value is -1.35. The van der Waals surface area contributed by atoms with Gasteiger partial charge in [0.15, 0.2) is 0 Å². The lowest BCUT2D eigenvalue weighted by Gasteiger charge is -2.11. The Kier molecular flexibility index (Phi) is 6.33. The Labute approximate surface area is 103 Å². The van der Waals surface area contributed by atoms with Crippen molar-refractivity contribution < 1.29 is 4.79 Å². The second kappa shape index (κ2) is 7.85. The van der Waals surface area contributed by atoms with E-state index in [0.29, 0.717) is 6.42 Å². The smallest absolute Gasteiger partial charge is 0.221 e. The van der Waals surface area contributed by atoms with Gasteiger partial charge in [0.25, 0.3) is 0 Å². The van der Waals surface area contributed by atoms with Crippen LogP contribution in [-0.4, -0.2) is 12.5 Å². The van der Waals surface area contributed by atoms with Crippen molar-refractivity contribution in [3.05, 3.63) is 35.9 Å². The Morgan fingerprint density at radius 3 is 2.65 bits per heavy atom. The van der Waals surface area contributed by atoms with Crippen LogP contribution in [-0.2, 0) is 4.79 Å². The van der Waals surface area contributed by atoms with E-state index in [1.54, 1.807) is 0 Å². The molecule has 0 aliphatic carbocycles. The summed E-state index contributed by atoms with van der Waals surface area (Å²) in [6.07, 6.45) is 3.73. The van der Waals surface area contributed by atoms with Crippen LogP contribution in [0.4, 0.5) is 0 Å². The minimum absolute atomic E-state index is 0.0393. The first kappa shape index (κ1) is 13.7. The molecular weight excluding hydrogens is 212 g/mol. The molecule has 0 fully saturated rings. The van der Waals surface area contributed by atoms with Crippen molar-refractivity contribution in [3.8, 4) is 0 Å². The molecule has 1 atom stereocenters. The molecule has 3 N–H and O–H groups in total. The maximum atomic E-state index is 11.6. The molecule has 0 heterocycles. The molecule has 1 unspecified atom stereocenters. The van der Waals surface area contributed by atoms with Gasteiger partial charge in [0.05, 0.1) is 0 Å². The minimum Gasteiger partial charge on any atom is -0.356 e. The van der Waals surface area contributed by atoms with E-state index in [-0.39, 0.29) is 11.9 Å². The van der Waals surface area contributed by atoms with Crippen LogP contribution in [0, 0.1) is 0 Å². The second-order valence-corrected chi connectivity index (χ2v) is 4.28. The van der Waals surface area contributed by atoms with E-state index in [9.17, 15) is 4.79 Å². The number of carbonyl (C=O) groups is 1. The molecule has 3 nitrogen and oxygen atoms in total. The van der Waals surface area contributed by atoms with Crippen LogP contribution in [0.1, 0.15) is 44.2 Å². The van der Waals surface area contributed by atoms with Gasteiger partial charge in [-0.2, -0.15) is 0 Å². The third-order valence-electron chi connectivity index (χ3n) is 2.74. The van der Waals surface area contributed by atoms with Gasteiger partial charge in [-0.1, -0.05) is 50.1 Å². The van der Waals surface area contributed by atoms with Gasteiger partial charge >= 0.3 is 0 Å². The lowest BCUT2D eigenvalue weighted by molar-refractivity contribution is -0.121. The summed E-state index contributed by atoms with van der Waals surface area (Å²) in [4.78, 5) is 11.6. The van der Waals surface area contributed by atoms with E-state index in [2.05, 4.69) is 12.2 Å². The number of hydrogen-bond donors (Lipinski definition) is 2. The van der Waals surface area contributed by atoms with E-state index in [1.807, 2.05) is 30.3 Å². The van der Waals surface area contributed by atoms with Crippen molar-refractivity contribution in [2.75, 3.05) is 6.54 Å². The van der Waals surface area contributed by atoms with E-state index < -0.39 is 0 Å². The molecule has 0 aromatic heterocycles. The first-order chi connectivity index (χ1) is 8.24. The van der Waals surface area contributed by atoms with E-state index in [1.165, 1.54) is 6.42 Å². The molecule has 0 saturated heterocycles. The predicted octanol–water partition coefficient (Wildman–Crippen LogP) is 2.38. The summed E-state index contributed by atoms with van der Waals surface area (Å²) < 4.78 is 0. The average Bonchev–Trinajstić information content (AvgIpc) is 2.36. The van der Waals surface area contributed by atoms with E-state index in [0.717, 1.165) is 24.9 Å². The number of unbranched alkanes of at least 4 members (excludes halogenated alkanes) is 2. The van der Waals surface area contributed by atoms with Crippen LogP contribution < -0.4 is 11.1 Å². The lowest BCUT2D eigenvalue weighted by atomic mass is 10.0. The zero-order valence-corrected chi connectivity index (χ0v) is 10.5. The largest absolute Gasteiger partial charge is 0.356 e. The first-order valence-electron chi connectivity index (χ1n) is 6.31. The molecule has 0 bridgehead atoms. The monoisotopic (exact) mass is 234 g/mol. The number of rotatable bonds is 7. The summed E-state index contributed by atoms with van der Waals surface area (Å²) >= 11 is 0. The third-order valence-corrected chi connectivity index (χ3v) is 2.74. The van der Waals surface area contributed by atoms with E-state index in [4.69, 9.17) is 5.73 Å². The molecule has 1 rings (SSSR count). The summed E-state index contributed by atoms with van der Waals surface area (Å²) in [6.45, 7) is 2.90. The van der Waals surface area contributed by atoms with Crippen molar-refractivity contribution in [2.45, 2.75) is 38.6 Å². The molecule has 0 spiro atoms. The molecule has 0 aliphatic heterocycles. The van der Waals surface area contributed by atoms with Crippen LogP contribution in [0.5, 0.6) is 0 Å². The Balaban J connectivity index is 2.26. The molecule has 3 heteroatoms. The average molecular weight is 234 g/mol. The first-order valence-corrected chi connectivity index (χ1v) is 6.31. The fraction of sp³-hybridized carbons (Fsp3) is 0.500. The van der Waals surface area contributed by atoms with Gasteiger partial charge in [0, 0.05) is 19.0 Å². The zero-order chi connectivity index (χ0) is 12.5. The molecule has 1 amide bonds. The van der Waals surface area contributed by atoms with Crippen LogP contribution >= 0.6 is 0 Å². The van der Waals surface area contributed by atoms with E-state index >= 15 is 0 Å². The SMILES string of the molecule is CCCCCNC(=O)CC(N)c1ccccc1. The van der Waals surface area contributed by atoms with Crippen molar-refractivity contribution in [3.63, 3.8) is 0 Å². The molecule has 17 heavy (non-hydrogen) atoms. The maximum absolute atomic E-state index is 11.6. The molecule has 0 radical (unpaired) electrons. The van der Waals surface area contributed by atoms with Crippen molar-refractivity contribution in [1.29, 1.82) is 0 Å². The number of hydrogen-bond acceptors (Lipinski definition) is 2. The van der Waals surface area contributed by atoms with Gasteiger partial charge in [-0.3, -0.25) is 4.79 Å². The van der Waals surface area contributed by atoms with Gasteiger partial charge in [-0.05, 0) is 12.0 Å². The van der Waals surface area contributed by atoms with Gasteiger partial charge < -0.3 is 11.1 Å². The van der Waals surface area contributed by atoms with Gasteiger partial charge in [0.2, 0.25) is 5.91 Å². The predicted molar refractivity (Wildman–Crippen MR) is 70.5 cm³/mol. The Bertz CT molecular complexity index is 324. The fourth-order valence-electron chi connectivity index (χ4n) is 1.69. The normalized spacial score (nSPS) is 12.1. The van der Waals surface area contributed by atoms with Crippen LogP contribution in [0.2, 0.25) is 0 Å². The van der Waals surface area contributed by atoms with Crippen LogP contribution in [0.15, 0.2) is 30.3 Å². The van der Waals surface area contributed by atoms with Gasteiger partial charge in [-0.15, -0.1) is 0 Å². The summed E-state index contributed by atoms with van der Waals surface area (Å²) in [5.41, 5.74) is 6.98. The maximum Gasteiger partial charge on any atom is 0.221 e. The van der Waals surface area contributed by atoms with Crippen LogP contribution in [0.25, 0.3) is 0 Å². The summed E-state index contributed by atoms with van der Waals surface area (Å²) in [5, 5.41) is 2.90. The molecule has 0 saturated carbocycles. The number of carbonyl (C=O) groups excluding carboxylic acids is 1. The minimum atomic E-state index is -0.206. The third kappa shape index (κ3) is 5.50. The van der Waals surface area contributed by atoms with Gasteiger partial charge in [-0.25, -0.2) is 0 Å². The Morgan fingerprint density at radius 2 is 2.00 bits per heavy atom. The Morgan fingerprint density at radius 1 is 1.29 bits per heavy atom. The topological polar surface area (TPSA) is 55.1 Å². The highest BCUT2D eigenvalue weighted by molar-refractivity contribution is 5.76. The molecule has 94 valence electrons. The van der Waals surface area contributed by atoms with Crippen molar-refractivity contribution in [1.82, 2.24) is 5.32 Å². The number of nitrogens with two attached hydrogens (primary N) is 1. The number of benzene rings is 1. The summed E-state index contributed by atoms with van der Waals surface area (Å²) in [6, 6.07) is 9.52. The highest BCUT2D eigenvalue weighted by Gasteiger charge is 2.10. The van der Waals surface area contributed by atoms with Crippen molar-refractivity contribution in [2.24, 2.45) is 5.73 Å². The lowest BCUT2D eigenvalue weighted by Crippen LogP contribution is -2.28.